The van der Waals surface area contributed by atoms with E-state index in [1.165, 1.54) is 16.9 Å². The topological polar surface area (TPSA) is 57.0 Å². The maximum Gasteiger partial charge on any atom is 0.449 e. The number of rotatable bonds is 1. The first-order valence-corrected chi connectivity index (χ1v) is 4.34. The molecule has 2 aromatic heterocycles. The van der Waals surface area contributed by atoms with Crippen LogP contribution in [0.3, 0.4) is 0 Å². The Hall–Kier alpha value is -1.92. The van der Waals surface area contributed by atoms with Crippen LogP contribution in [-0.2, 0) is 13.2 Å². The number of hydrogen-bond donors (Lipinski definition) is 1. The number of halogens is 3. The molecule has 4 nitrogen and oxygen atoms in total. The molecule has 0 saturated carbocycles. The minimum absolute atomic E-state index is 0.0461. The van der Waals surface area contributed by atoms with E-state index in [0.717, 1.165) is 6.07 Å². The Kier molecular flexibility index (Phi) is 2.18. The number of nitrogen functional groups attached to an aromatic ring is 1. The summed E-state index contributed by atoms with van der Waals surface area (Å²) in [6.07, 6.45) is -3.14. The van der Waals surface area contributed by atoms with Crippen LogP contribution < -0.4 is 5.73 Å². The van der Waals surface area contributed by atoms with Crippen LogP contribution >= 0.6 is 0 Å². The average Bonchev–Trinajstić information content (AvgIpc) is 2.72. The minimum Gasteiger partial charge on any atom is -0.450 e. The number of nitrogens with zero attached hydrogens (tertiary/aromatic N) is 2. The molecule has 0 bridgehead atoms. The summed E-state index contributed by atoms with van der Waals surface area (Å²) in [5, 5.41) is 3.81. The highest BCUT2D eigenvalue weighted by molar-refractivity contribution is 5.68. The van der Waals surface area contributed by atoms with Gasteiger partial charge < -0.3 is 10.2 Å². The van der Waals surface area contributed by atoms with E-state index in [0.29, 0.717) is 5.69 Å². The summed E-state index contributed by atoms with van der Waals surface area (Å²) < 4.78 is 42.9. The first kappa shape index (κ1) is 10.6. The standard InChI is InChI=1S/C9H8F3N3O/c1-15-8(5(13)4-14-15)6-2-3-7(16-6)9(10,11)12/h2-4H,13H2,1H3. The third kappa shape index (κ3) is 1.64. The van der Waals surface area contributed by atoms with Gasteiger partial charge in [0.25, 0.3) is 0 Å². The molecule has 0 unspecified atom stereocenters. The van der Waals surface area contributed by atoms with Crippen molar-refractivity contribution in [1.29, 1.82) is 0 Å². The van der Waals surface area contributed by atoms with E-state index >= 15 is 0 Å². The molecule has 0 atom stereocenters. The van der Waals surface area contributed by atoms with Gasteiger partial charge in [-0.15, -0.1) is 0 Å². The van der Waals surface area contributed by atoms with Crippen LogP contribution in [0.25, 0.3) is 11.5 Å². The van der Waals surface area contributed by atoms with Crippen molar-refractivity contribution in [3.05, 3.63) is 24.1 Å². The molecule has 2 N–H and O–H groups in total. The average molecular weight is 231 g/mol. The molecule has 0 amide bonds. The first-order chi connectivity index (χ1) is 7.39. The monoisotopic (exact) mass is 231 g/mol. The SMILES string of the molecule is Cn1ncc(N)c1-c1ccc(C(F)(F)F)o1. The van der Waals surface area contributed by atoms with Gasteiger partial charge in [0, 0.05) is 7.05 Å². The van der Waals surface area contributed by atoms with Gasteiger partial charge in [0.1, 0.15) is 5.69 Å². The van der Waals surface area contributed by atoms with E-state index in [2.05, 4.69) is 9.52 Å². The second-order valence-corrected chi connectivity index (χ2v) is 3.23. The van der Waals surface area contributed by atoms with E-state index in [4.69, 9.17) is 5.73 Å². The summed E-state index contributed by atoms with van der Waals surface area (Å²) in [4.78, 5) is 0. The van der Waals surface area contributed by atoms with Crippen LogP contribution in [0.4, 0.5) is 18.9 Å². The van der Waals surface area contributed by atoms with Gasteiger partial charge in [-0.05, 0) is 12.1 Å². The van der Waals surface area contributed by atoms with Gasteiger partial charge in [0.05, 0.1) is 11.9 Å². The number of anilines is 1. The van der Waals surface area contributed by atoms with Crippen LogP contribution in [0.1, 0.15) is 5.76 Å². The molecule has 0 saturated heterocycles. The van der Waals surface area contributed by atoms with Crippen molar-refractivity contribution in [1.82, 2.24) is 9.78 Å². The Balaban J connectivity index is 2.47. The van der Waals surface area contributed by atoms with Crippen LogP contribution in [0, 0.1) is 0 Å². The number of nitrogens with two attached hydrogens (primary N) is 1. The van der Waals surface area contributed by atoms with E-state index in [1.54, 1.807) is 7.05 Å². The molecule has 86 valence electrons. The van der Waals surface area contributed by atoms with Crippen molar-refractivity contribution < 1.29 is 17.6 Å². The van der Waals surface area contributed by atoms with Crippen molar-refractivity contribution in [2.24, 2.45) is 7.05 Å². The van der Waals surface area contributed by atoms with Crippen LogP contribution in [-0.4, -0.2) is 9.78 Å². The Bertz CT molecular complexity index is 493. The highest BCUT2D eigenvalue weighted by Crippen LogP contribution is 2.34. The number of aromatic nitrogens is 2. The highest BCUT2D eigenvalue weighted by atomic mass is 19.4. The summed E-state index contributed by atoms with van der Waals surface area (Å²) in [7, 11) is 1.57. The number of alkyl halides is 3. The molecule has 2 aromatic rings. The van der Waals surface area contributed by atoms with Gasteiger partial charge in [-0.1, -0.05) is 0 Å². The number of hydrogen-bond acceptors (Lipinski definition) is 3. The van der Waals surface area contributed by atoms with Gasteiger partial charge in [-0.3, -0.25) is 4.68 Å². The van der Waals surface area contributed by atoms with Gasteiger partial charge in [-0.2, -0.15) is 18.3 Å². The van der Waals surface area contributed by atoms with Gasteiger partial charge >= 0.3 is 6.18 Å². The molecule has 0 radical (unpaired) electrons. The van der Waals surface area contributed by atoms with Gasteiger partial charge in [0.2, 0.25) is 5.76 Å². The van der Waals surface area contributed by atoms with E-state index in [9.17, 15) is 13.2 Å². The van der Waals surface area contributed by atoms with Crippen molar-refractivity contribution in [3.8, 4) is 11.5 Å². The maximum atomic E-state index is 12.3. The molecule has 0 aliphatic rings. The molecule has 16 heavy (non-hydrogen) atoms. The Labute approximate surface area is 88.5 Å². The predicted octanol–water partition coefficient (Wildman–Crippen LogP) is 2.28. The Morgan fingerprint density at radius 1 is 1.38 bits per heavy atom. The molecule has 2 rings (SSSR count). The lowest BCUT2D eigenvalue weighted by Crippen LogP contribution is -2.02. The normalized spacial score (nSPS) is 12.0. The molecule has 7 heteroatoms. The third-order valence-electron chi connectivity index (χ3n) is 2.09. The van der Waals surface area contributed by atoms with Gasteiger partial charge in [-0.25, -0.2) is 0 Å². The van der Waals surface area contributed by atoms with Crippen molar-refractivity contribution in [3.63, 3.8) is 0 Å². The van der Waals surface area contributed by atoms with Crippen molar-refractivity contribution in [2.75, 3.05) is 5.73 Å². The second kappa shape index (κ2) is 3.29. The lowest BCUT2D eigenvalue weighted by molar-refractivity contribution is -0.152. The number of aryl methyl sites for hydroxylation is 1. The lowest BCUT2D eigenvalue weighted by Gasteiger charge is -2.02. The molecule has 0 aliphatic heterocycles. The van der Waals surface area contributed by atoms with Crippen molar-refractivity contribution >= 4 is 5.69 Å². The maximum absolute atomic E-state index is 12.3. The van der Waals surface area contributed by atoms with Crippen molar-refractivity contribution in [2.45, 2.75) is 6.18 Å². The fourth-order valence-corrected chi connectivity index (χ4v) is 1.37. The number of furan rings is 1. The van der Waals surface area contributed by atoms with E-state index in [-0.39, 0.29) is 11.4 Å². The second-order valence-electron chi connectivity index (χ2n) is 3.23. The van der Waals surface area contributed by atoms with Gasteiger partial charge in [0.15, 0.2) is 5.76 Å². The van der Waals surface area contributed by atoms with E-state index < -0.39 is 11.9 Å². The Morgan fingerprint density at radius 2 is 2.06 bits per heavy atom. The minimum atomic E-state index is -4.49. The molecule has 0 spiro atoms. The largest absolute Gasteiger partial charge is 0.450 e. The molecule has 0 fully saturated rings. The zero-order valence-corrected chi connectivity index (χ0v) is 8.25. The smallest absolute Gasteiger partial charge is 0.449 e. The zero-order valence-electron chi connectivity index (χ0n) is 8.25. The first-order valence-electron chi connectivity index (χ1n) is 4.34. The lowest BCUT2D eigenvalue weighted by atomic mass is 10.3. The molecular weight excluding hydrogens is 223 g/mol. The van der Waals surface area contributed by atoms with Crippen LogP contribution in [0.15, 0.2) is 22.7 Å². The fourth-order valence-electron chi connectivity index (χ4n) is 1.37. The molecule has 0 aliphatic carbocycles. The summed E-state index contributed by atoms with van der Waals surface area (Å²) >= 11 is 0. The summed E-state index contributed by atoms with van der Waals surface area (Å²) in [5.74, 6) is -1.01. The zero-order chi connectivity index (χ0) is 11.9. The summed E-state index contributed by atoms with van der Waals surface area (Å²) in [5.41, 5.74) is 6.17. The molecule has 2 heterocycles. The van der Waals surface area contributed by atoms with Crippen LogP contribution in [0.2, 0.25) is 0 Å². The summed E-state index contributed by atoms with van der Waals surface area (Å²) in [6.45, 7) is 0. The Morgan fingerprint density at radius 3 is 2.50 bits per heavy atom. The predicted molar refractivity (Wildman–Crippen MR) is 50.3 cm³/mol. The molecular formula is C9H8F3N3O. The summed E-state index contributed by atoms with van der Waals surface area (Å²) in [6, 6.07) is 2.08. The quantitative estimate of drug-likeness (QED) is 0.819. The highest BCUT2D eigenvalue weighted by Gasteiger charge is 2.35. The van der Waals surface area contributed by atoms with Crippen LogP contribution in [0.5, 0.6) is 0 Å². The van der Waals surface area contributed by atoms with E-state index in [1.807, 2.05) is 0 Å². The fraction of sp³-hybridized carbons (Fsp3) is 0.222. The molecule has 0 aromatic carbocycles. The third-order valence-corrected chi connectivity index (χ3v) is 2.09.